The summed E-state index contributed by atoms with van der Waals surface area (Å²) in [6.45, 7) is 3.08. The van der Waals surface area contributed by atoms with Crippen LogP contribution in [0.3, 0.4) is 0 Å². The average molecular weight is 184 g/mol. The summed E-state index contributed by atoms with van der Waals surface area (Å²) >= 11 is 1.74. The van der Waals surface area contributed by atoms with Crippen molar-refractivity contribution in [1.29, 1.82) is 0 Å². The van der Waals surface area contributed by atoms with E-state index in [0.29, 0.717) is 6.04 Å². The molecule has 2 nitrogen and oxygen atoms in total. The Kier molecular flexibility index (Phi) is 4.11. The fraction of sp³-hybridized carbons (Fsp3) is 0.556. The van der Waals surface area contributed by atoms with E-state index in [0.717, 1.165) is 19.4 Å². The van der Waals surface area contributed by atoms with Crippen LogP contribution >= 0.6 is 11.3 Å². The van der Waals surface area contributed by atoms with Gasteiger partial charge in [-0.15, -0.1) is 11.3 Å². The van der Waals surface area contributed by atoms with Gasteiger partial charge in [0, 0.05) is 12.6 Å². The Balaban J connectivity index is 2.04. The lowest BCUT2D eigenvalue weighted by molar-refractivity contribution is 0.639. The van der Waals surface area contributed by atoms with Gasteiger partial charge in [-0.05, 0) is 37.3 Å². The van der Waals surface area contributed by atoms with Crippen LogP contribution in [-0.4, -0.2) is 12.6 Å². The van der Waals surface area contributed by atoms with Crippen molar-refractivity contribution in [2.75, 3.05) is 11.9 Å². The van der Waals surface area contributed by atoms with Gasteiger partial charge in [0.05, 0.1) is 5.00 Å². The first kappa shape index (κ1) is 9.55. The van der Waals surface area contributed by atoms with Gasteiger partial charge in [0.15, 0.2) is 0 Å². The predicted molar refractivity (Wildman–Crippen MR) is 55.7 cm³/mol. The highest BCUT2D eigenvalue weighted by Gasteiger charge is 1.94. The van der Waals surface area contributed by atoms with Crippen molar-refractivity contribution in [2.24, 2.45) is 5.73 Å². The third-order valence-electron chi connectivity index (χ3n) is 1.66. The predicted octanol–water partition coefficient (Wildman–Crippen LogP) is 2.29. The second-order valence-electron chi connectivity index (χ2n) is 3.02. The maximum atomic E-state index is 5.63. The average Bonchev–Trinajstić information content (AvgIpc) is 2.49. The summed E-state index contributed by atoms with van der Waals surface area (Å²) in [5, 5.41) is 6.67. The molecule has 0 aliphatic heterocycles. The number of nitrogens with two attached hydrogens (primary N) is 1. The summed E-state index contributed by atoms with van der Waals surface area (Å²) < 4.78 is 0. The molecule has 68 valence electrons. The molecule has 1 aromatic rings. The molecule has 1 atom stereocenters. The summed E-state index contributed by atoms with van der Waals surface area (Å²) in [7, 11) is 0. The molecule has 3 N–H and O–H groups in total. The van der Waals surface area contributed by atoms with Gasteiger partial charge in [0.1, 0.15) is 0 Å². The molecule has 1 unspecified atom stereocenters. The van der Waals surface area contributed by atoms with Crippen LogP contribution in [-0.2, 0) is 0 Å². The number of anilines is 1. The normalized spacial score (nSPS) is 12.8. The molecular formula is C9H16N2S. The van der Waals surface area contributed by atoms with Crippen molar-refractivity contribution in [3.8, 4) is 0 Å². The Morgan fingerprint density at radius 2 is 2.50 bits per heavy atom. The fourth-order valence-corrected chi connectivity index (χ4v) is 1.66. The quantitative estimate of drug-likeness (QED) is 0.689. The van der Waals surface area contributed by atoms with E-state index < -0.39 is 0 Å². The van der Waals surface area contributed by atoms with Crippen molar-refractivity contribution in [2.45, 2.75) is 25.8 Å². The van der Waals surface area contributed by atoms with Gasteiger partial charge in [0.25, 0.3) is 0 Å². The number of thiophene rings is 1. The summed E-state index contributed by atoms with van der Waals surface area (Å²) in [5.74, 6) is 0. The zero-order valence-corrected chi connectivity index (χ0v) is 8.23. The van der Waals surface area contributed by atoms with E-state index in [1.807, 2.05) is 6.92 Å². The zero-order valence-electron chi connectivity index (χ0n) is 7.42. The van der Waals surface area contributed by atoms with Gasteiger partial charge in [-0.1, -0.05) is 0 Å². The first-order valence-corrected chi connectivity index (χ1v) is 5.20. The van der Waals surface area contributed by atoms with Gasteiger partial charge in [-0.25, -0.2) is 0 Å². The molecule has 12 heavy (non-hydrogen) atoms. The second-order valence-corrected chi connectivity index (χ2v) is 3.97. The molecule has 0 spiro atoms. The molecule has 0 radical (unpaired) electrons. The van der Waals surface area contributed by atoms with Crippen LogP contribution in [0.5, 0.6) is 0 Å². The van der Waals surface area contributed by atoms with Crippen molar-refractivity contribution in [1.82, 2.24) is 0 Å². The Bertz CT molecular complexity index is 194. The second kappa shape index (κ2) is 5.17. The van der Waals surface area contributed by atoms with E-state index in [4.69, 9.17) is 5.73 Å². The highest BCUT2D eigenvalue weighted by molar-refractivity contribution is 7.14. The maximum absolute atomic E-state index is 5.63. The van der Waals surface area contributed by atoms with Crippen LogP contribution in [0.25, 0.3) is 0 Å². The van der Waals surface area contributed by atoms with E-state index in [1.165, 1.54) is 5.00 Å². The molecule has 0 amide bonds. The lowest BCUT2D eigenvalue weighted by atomic mass is 10.2. The number of nitrogens with one attached hydrogen (secondary N) is 1. The Hall–Kier alpha value is -0.540. The zero-order chi connectivity index (χ0) is 8.81. The lowest BCUT2D eigenvalue weighted by Crippen LogP contribution is -2.15. The largest absolute Gasteiger partial charge is 0.377 e. The maximum Gasteiger partial charge on any atom is 0.0882 e. The molecule has 0 bridgehead atoms. The minimum absolute atomic E-state index is 0.329. The van der Waals surface area contributed by atoms with E-state index in [9.17, 15) is 0 Å². The van der Waals surface area contributed by atoms with Gasteiger partial charge >= 0.3 is 0 Å². The molecule has 0 saturated carbocycles. The number of hydrogen-bond acceptors (Lipinski definition) is 3. The molecule has 0 aromatic carbocycles. The third kappa shape index (κ3) is 3.74. The molecule has 0 fully saturated rings. The first-order chi connectivity index (χ1) is 5.79. The standard InChI is InChI=1S/C9H16N2S/c1-8(10)4-2-6-11-9-5-3-7-12-9/h3,5,7-8,11H,2,4,6,10H2,1H3. The molecule has 1 aromatic heterocycles. The fourth-order valence-electron chi connectivity index (χ4n) is 1.01. The highest BCUT2D eigenvalue weighted by atomic mass is 32.1. The Morgan fingerprint density at radius 3 is 3.08 bits per heavy atom. The van der Waals surface area contributed by atoms with Crippen LogP contribution in [0.4, 0.5) is 5.00 Å². The van der Waals surface area contributed by atoms with E-state index >= 15 is 0 Å². The van der Waals surface area contributed by atoms with Gasteiger partial charge in [-0.3, -0.25) is 0 Å². The molecular weight excluding hydrogens is 168 g/mol. The summed E-state index contributed by atoms with van der Waals surface area (Å²) in [5.41, 5.74) is 5.63. The third-order valence-corrected chi connectivity index (χ3v) is 2.48. The van der Waals surface area contributed by atoms with Crippen molar-refractivity contribution >= 4 is 16.3 Å². The summed E-state index contributed by atoms with van der Waals surface area (Å²) in [6.07, 6.45) is 2.24. The summed E-state index contributed by atoms with van der Waals surface area (Å²) in [4.78, 5) is 0. The highest BCUT2D eigenvalue weighted by Crippen LogP contribution is 2.14. The minimum atomic E-state index is 0.329. The SMILES string of the molecule is CC(N)CCCNc1cccs1. The van der Waals surface area contributed by atoms with Gasteiger partial charge < -0.3 is 11.1 Å². The van der Waals surface area contributed by atoms with Crippen molar-refractivity contribution in [3.63, 3.8) is 0 Å². The van der Waals surface area contributed by atoms with Crippen LogP contribution in [0.1, 0.15) is 19.8 Å². The molecule has 3 heteroatoms. The molecule has 0 aliphatic rings. The molecule has 1 heterocycles. The van der Waals surface area contributed by atoms with E-state index in [2.05, 4.69) is 22.8 Å². The Morgan fingerprint density at radius 1 is 1.67 bits per heavy atom. The Labute approximate surface area is 77.8 Å². The number of hydrogen-bond donors (Lipinski definition) is 2. The van der Waals surface area contributed by atoms with Crippen LogP contribution in [0.15, 0.2) is 17.5 Å². The molecule has 1 rings (SSSR count). The van der Waals surface area contributed by atoms with Crippen molar-refractivity contribution < 1.29 is 0 Å². The van der Waals surface area contributed by atoms with Crippen LogP contribution in [0.2, 0.25) is 0 Å². The number of rotatable bonds is 5. The van der Waals surface area contributed by atoms with Crippen molar-refractivity contribution in [3.05, 3.63) is 17.5 Å². The van der Waals surface area contributed by atoms with Crippen LogP contribution in [0, 0.1) is 0 Å². The van der Waals surface area contributed by atoms with E-state index in [1.54, 1.807) is 11.3 Å². The lowest BCUT2D eigenvalue weighted by Gasteiger charge is -2.05. The van der Waals surface area contributed by atoms with Crippen LogP contribution < -0.4 is 11.1 Å². The minimum Gasteiger partial charge on any atom is -0.377 e. The van der Waals surface area contributed by atoms with E-state index in [-0.39, 0.29) is 0 Å². The molecule has 0 saturated heterocycles. The molecule has 0 aliphatic carbocycles. The van der Waals surface area contributed by atoms with Gasteiger partial charge in [-0.2, -0.15) is 0 Å². The smallest absolute Gasteiger partial charge is 0.0882 e. The monoisotopic (exact) mass is 184 g/mol. The first-order valence-electron chi connectivity index (χ1n) is 4.32. The topological polar surface area (TPSA) is 38.0 Å². The summed E-state index contributed by atoms with van der Waals surface area (Å²) in [6, 6.07) is 4.48. The van der Waals surface area contributed by atoms with Gasteiger partial charge in [0.2, 0.25) is 0 Å².